The summed E-state index contributed by atoms with van der Waals surface area (Å²) in [5, 5.41) is 6.40. The van der Waals surface area contributed by atoms with E-state index in [-0.39, 0.29) is 12.3 Å². The second kappa shape index (κ2) is 12.2. The Morgan fingerprint density at radius 2 is 1.84 bits per heavy atom. The number of hydrogen-bond acceptors (Lipinski definition) is 5. The van der Waals surface area contributed by atoms with Crippen molar-refractivity contribution in [3.63, 3.8) is 0 Å². The molecular formula is C23H30F2N4O3. The number of ether oxygens (including phenoxy) is 3. The van der Waals surface area contributed by atoms with Crippen molar-refractivity contribution < 1.29 is 23.0 Å². The largest absolute Gasteiger partial charge is 0.497 e. The second-order valence-electron chi connectivity index (χ2n) is 7.34. The summed E-state index contributed by atoms with van der Waals surface area (Å²) in [6, 6.07) is 13.1. The van der Waals surface area contributed by atoms with Crippen LogP contribution in [0, 0.1) is 0 Å². The van der Waals surface area contributed by atoms with Gasteiger partial charge in [0.1, 0.15) is 11.5 Å². The highest BCUT2D eigenvalue weighted by Crippen LogP contribution is 2.25. The molecule has 0 aromatic heterocycles. The normalized spacial score (nSPS) is 15.0. The Morgan fingerprint density at radius 3 is 2.56 bits per heavy atom. The molecule has 1 aliphatic rings. The molecule has 0 atom stereocenters. The van der Waals surface area contributed by atoms with Crippen LogP contribution in [0.3, 0.4) is 0 Å². The van der Waals surface area contributed by atoms with Gasteiger partial charge in [0, 0.05) is 45.3 Å². The molecule has 7 nitrogen and oxygen atoms in total. The van der Waals surface area contributed by atoms with Gasteiger partial charge >= 0.3 is 6.61 Å². The molecule has 0 spiro atoms. The summed E-state index contributed by atoms with van der Waals surface area (Å²) in [4.78, 5) is 6.60. The standard InChI is InChI=1S/C23H30F2N4O3/c1-26-23(28-15-19-13-20(30-2)6-7-21(19)32-22(24)25)27-14-17-4-3-5-18(12-17)16-29-8-10-31-11-9-29/h3-7,12-13,22H,8-11,14-16H2,1-2H3,(H2,26,27,28). The molecule has 174 valence electrons. The predicted molar refractivity (Wildman–Crippen MR) is 119 cm³/mol. The number of nitrogens with one attached hydrogen (secondary N) is 2. The van der Waals surface area contributed by atoms with Crippen molar-refractivity contribution in [2.24, 2.45) is 4.99 Å². The van der Waals surface area contributed by atoms with Gasteiger partial charge in [-0.15, -0.1) is 0 Å². The Bertz CT molecular complexity index is 889. The van der Waals surface area contributed by atoms with Crippen molar-refractivity contribution >= 4 is 5.96 Å². The summed E-state index contributed by atoms with van der Waals surface area (Å²) in [7, 11) is 3.18. The van der Waals surface area contributed by atoms with Gasteiger partial charge in [-0.1, -0.05) is 24.3 Å². The van der Waals surface area contributed by atoms with Gasteiger partial charge < -0.3 is 24.8 Å². The SMILES string of the molecule is CN=C(NCc1cccc(CN2CCOCC2)c1)NCc1cc(OC)ccc1OC(F)F. The zero-order chi connectivity index (χ0) is 22.8. The molecule has 2 aromatic rings. The highest BCUT2D eigenvalue weighted by atomic mass is 19.3. The maximum atomic E-state index is 12.7. The highest BCUT2D eigenvalue weighted by Gasteiger charge is 2.13. The van der Waals surface area contributed by atoms with Gasteiger partial charge in [-0.25, -0.2) is 0 Å². The van der Waals surface area contributed by atoms with Crippen LogP contribution in [0.1, 0.15) is 16.7 Å². The first kappa shape index (κ1) is 23.7. The van der Waals surface area contributed by atoms with Crippen LogP contribution in [-0.4, -0.2) is 57.9 Å². The van der Waals surface area contributed by atoms with E-state index in [0.717, 1.165) is 38.4 Å². The first-order valence-corrected chi connectivity index (χ1v) is 10.5. The maximum Gasteiger partial charge on any atom is 0.387 e. The smallest absolute Gasteiger partial charge is 0.387 e. The lowest BCUT2D eigenvalue weighted by atomic mass is 10.1. The average molecular weight is 449 g/mol. The molecule has 1 aliphatic heterocycles. The van der Waals surface area contributed by atoms with Gasteiger partial charge in [-0.05, 0) is 29.3 Å². The first-order chi connectivity index (χ1) is 15.6. The number of methoxy groups -OCH3 is 1. The van der Waals surface area contributed by atoms with Crippen LogP contribution >= 0.6 is 0 Å². The summed E-state index contributed by atoms with van der Waals surface area (Å²) in [6.07, 6.45) is 0. The number of nitrogens with zero attached hydrogens (tertiary/aromatic N) is 2. The Labute approximate surface area is 187 Å². The maximum absolute atomic E-state index is 12.7. The van der Waals surface area contributed by atoms with E-state index in [1.807, 2.05) is 6.07 Å². The number of halogens is 2. The highest BCUT2D eigenvalue weighted by molar-refractivity contribution is 5.79. The van der Waals surface area contributed by atoms with Crippen molar-refractivity contribution in [3.05, 3.63) is 59.2 Å². The Hall–Kier alpha value is -2.91. The Morgan fingerprint density at radius 1 is 1.09 bits per heavy atom. The van der Waals surface area contributed by atoms with Crippen molar-refractivity contribution in [2.75, 3.05) is 40.5 Å². The predicted octanol–water partition coefficient (Wildman–Crippen LogP) is 2.99. The molecule has 0 aliphatic carbocycles. The number of guanidine groups is 1. The van der Waals surface area contributed by atoms with Crippen molar-refractivity contribution in [2.45, 2.75) is 26.2 Å². The number of rotatable bonds is 9. The van der Waals surface area contributed by atoms with E-state index >= 15 is 0 Å². The van der Waals surface area contributed by atoms with Crippen LogP contribution in [0.25, 0.3) is 0 Å². The third-order valence-corrected chi connectivity index (χ3v) is 5.11. The Balaban J connectivity index is 1.56. The van der Waals surface area contributed by atoms with E-state index in [1.54, 1.807) is 19.2 Å². The third kappa shape index (κ3) is 7.35. The van der Waals surface area contributed by atoms with Crippen LogP contribution in [0.4, 0.5) is 8.78 Å². The summed E-state index contributed by atoms with van der Waals surface area (Å²) >= 11 is 0. The monoisotopic (exact) mass is 448 g/mol. The van der Waals surface area contributed by atoms with Crippen molar-refractivity contribution in [1.82, 2.24) is 15.5 Å². The molecule has 1 fully saturated rings. The molecule has 1 saturated heterocycles. The fourth-order valence-corrected chi connectivity index (χ4v) is 3.47. The van der Waals surface area contributed by atoms with Crippen LogP contribution < -0.4 is 20.1 Å². The number of aliphatic imine (C=N–C) groups is 1. The molecular weight excluding hydrogens is 418 g/mol. The number of alkyl halides is 2. The molecule has 0 radical (unpaired) electrons. The zero-order valence-corrected chi connectivity index (χ0v) is 18.4. The van der Waals surface area contributed by atoms with Crippen LogP contribution in [0.5, 0.6) is 11.5 Å². The van der Waals surface area contributed by atoms with E-state index in [2.05, 4.69) is 43.5 Å². The molecule has 0 saturated carbocycles. The van der Waals surface area contributed by atoms with Crippen LogP contribution in [0.2, 0.25) is 0 Å². The molecule has 9 heteroatoms. The lowest BCUT2D eigenvalue weighted by Crippen LogP contribution is -2.36. The lowest BCUT2D eigenvalue weighted by Gasteiger charge is -2.26. The summed E-state index contributed by atoms with van der Waals surface area (Å²) in [6.45, 7) is 2.27. The molecule has 1 heterocycles. The minimum atomic E-state index is -2.90. The van der Waals surface area contributed by atoms with Crippen LogP contribution in [-0.2, 0) is 24.4 Å². The number of benzene rings is 2. The molecule has 0 bridgehead atoms. The molecule has 0 amide bonds. The van der Waals surface area contributed by atoms with Gasteiger partial charge in [-0.3, -0.25) is 9.89 Å². The zero-order valence-electron chi connectivity index (χ0n) is 18.4. The number of morpholine rings is 1. The summed E-state index contributed by atoms with van der Waals surface area (Å²) in [5.74, 6) is 1.21. The fraction of sp³-hybridized carbons (Fsp3) is 0.435. The Kier molecular flexibility index (Phi) is 9.06. The van der Waals surface area contributed by atoms with Gasteiger partial charge in [-0.2, -0.15) is 8.78 Å². The quantitative estimate of drug-likeness (QED) is 0.454. The molecule has 2 N–H and O–H groups in total. The third-order valence-electron chi connectivity index (χ3n) is 5.11. The molecule has 2 aromatic carbocycles. The molecule has 32 heavy (non-hydrogen) atoms. The molecule has 0 unspecified atom stereocenters. The second-order valence-corrected chi connectivity index (χ2v) is 7.34. The number of hydrogen-bond donors (Lipinski definition) is 2. The fourth-order valence-electron chi connectivity index (χ4n) is 3.47. The first-order valence-electron chi connectivity index (χ1n) is 10.5. The summed E-state index contributed by atoms with van der Waals surface area (Å²) in [5.41, 5.74) is 2.92. The minimum absolute atomic E-state index is 0.0968. The van der Waals surface area contributed by atoms with Crippen molar-refractivity contribution in [1.29, 1.82) is 0 Å². The van der Waals surface area contributed by atoms with Gasteiger partial charge in [0.05, 0.1) is 20.3 Å². The molecule has 3 rings (SSSR count). The van der Waals surface area contributed by atoms with E-state index in [4.69, 9.17) is 9.47 Å². The van der Waals surface area contributed by atoms with E-state index < -0.39 is 6.61 Å². The van der Waals surface area contributed by atoms with Gasteiger partial charge in [0.15, 0.2) is 5.96 Å². The average Bonchev–Trinajstić information content (AvgIpc) is 2.80. The van der Waals surface area contributed by atoms with E-state index in [1.165, 1.54) is 18.7 Å². The van der Waals surface area contributed by atoms with Gasteiger partial charge in [0.2, 0.25) is 0 Å². The van der Waals surface area contributed by atoms with E-state index in [0.29, 0.717) is 23.8 Å². The van der Waals surface area contributed by atoms with Crippen LogP contribution in [0.15, 0.2) is 47.5 Å². The summed E-state index contributed by atoms with van der Waals surface area (Å²) < 4.78 is 40.7. The lowest BCUT2D eigenvalue weighted by molar-refractivity contribution is -0.0505. The topological polar surface area (TPSA) is 67.4 Å². The van der Waals surface area contributed by atoms with Gasteiger partial charge in [0.25, 0.3) is 0 Å². The minimum Gasteiger partial charge on any atom is -0.497 e. The van der Waals surface area contributed by atoms with Crippen molar-refractivity contribution in [3.8, 4) is 11.5 Å². The van der Waals surface area contributed by atoms with E-state index in [9.17, 15) is 8.78 Å².